The second-order valence-corrected chi connectivity index (χ2v) is 7.80. The van der Waals surface area contributed by atoms with Crippen molar-refractivity contribution in [1.82, 2.24) is 30.3 Å². The number of nitrogens with one attached hydrogen (secondary N) is 2. The van der Waals surface area contributed by atoms with Gasteiger partial charge in [-0.2, -0.15) is 5.10 Å². The van der Waals surface area contributed by atoms with Crippen molar-refractivity contribution >= 4 is 5.96 Å². The molecule has 1 atom stereocenters. The maximum Gasteiger partial charge on any atom is 0.191 e. The van der Waals surface area contributed by atoms with E-state index in [9.17, 15) is 0 Å². The van der Waals surface area contributed by atoms with Crippen molar-refractivity contribution < 1.29 is 9.15 Å². The van der Waals surface area contributed by atoms with E-state index < -0.39 is 0 Å². The van der Waals surface area contributed by atoms with Crippen LogP contribution in [-0.4, -0.2) is 77.6 Å². The molecule has 0 aliphatic carbocycles. The van der Waals surface area contributed by atoms with Gasteiger partial charge in [0.1, 0.15) is 11.6 Å². The monoisotopic (exact) mass is 415 g/mol. The van der Waals surface area contributed by atoms with Crippen LogP contribution in [0.3, 0.4) is 0 Å². The third-order valence-electron chi connectivity index (χ3n) is 5.59. The van der Waals surface area contributed by atoms with E-state index in [1.165, 1.54) is 0 Å². The minimum Gasteiger partial charge on any atom is -0.469 e. The fourth-order valence-electron chi connectivity index (χ4n) is 3.86. The van der Waals surface area contributed by atoms with Crippen molar-refractivity contribution in [3.8, 4) is 0 Å². The lowest BCUT2D eigenvalue weighted by atomic mass is 10.1. The Kier molecular flexibility index (Phi) is 7.36. The molecular formula is C21H33N7O2. The number of aliphatic imine (C=N–C) groups is 1. The van der Waals surface area contributed by atoms with Gasteiger partial charge in [0.15, 0.2) is 11.8 Å². The standard InChI is InChI=1S/C21H33N7O2/c1-2-19-25-20-6-5-17(16-28(20)26-19)24-21(22-8-7-18-4-3-13-30-18)23-9-10-27-11-14-29-15-12-27/h3-4,13,17H,2,5-12,14-16H2,1H3,(H2,22,23,24). The van der Waals surface area contributed by atoms with Crippen molar-refractivity contribution in [3.05, 3.63) is 35.8 Å². The first-order valence-corrected chi connectivity index (χ1v) is 11.1. The number of morpholine rings is 1. The number of ether oxygens (including phenoxy) is 1. The number of rotatable bonds is 8. The first-order chi connectivity index (χ1) is 14.8. The van der Waals surface area contributed by atoms with Gasteiger partial charge in [-0.25, -0.2) is 9.67 Å². The summed E-state index contributed by atoms with van der Waals surface area (Å²) in [5, 5.41) is 11.7. The van der Waals surface area contributed by atoms with E-state index in [2.05, 4.69) is 32.5 Å². The Morgan fingerprint density at radius 1 is 1.33 bits per heavy atom. The van der Waals surface area contributed by atoms with Crippen LogP contribution in [0.5, 0.6) is 0 Å². The number of aromatic nitrogens is 3. The molecule has 4 heterocycles. The number of aryl methyl sites for hydroxylation is 2. The number of nitrogens with zero attached hydrogens (tertiary/aromatic N) is 5. The van der Waals surface area contributed by atoms with Gasteiger partial charge in [-0.05, 0) is 18.6 Å². The van der Waals surface area contributed by atoms with E-state index in [0.29, 0.717) is 6.04 Å². The largest absolute Gasteiger partial charge is 0.469 e. The fraction of sp³-hybridized carbons (Fsp3) is 0.667. The average molecular weight is 416 g/mol. The molecule has 0 spiro atoms. The van der Waals surface area contributed by atoms with E-state index in [-0.39, 0.29) is 0 Å². The Morgan fingerprint density at radius 2 is 2.23 bits per heavy atom. The molecule has 2 aliphatic heterocycles. The van der Waals surface area contributed by atoms with Crippen molar-refractivity contribution in [1.29, 1.82) is 0 Å². The molecule has 2 N–H and O–H groups in total. The lowest BCUT2D eigenvalue weighted by Gasteiger charge is -2.27. The van der Waals surface area contributed by atoms with Crippen molar-refractivity contribution in [2.24, 2.45) is 4.99 Å². The summed E-state index contributed by atoms with van der Waals surface area (Å²) in [5.41, 5.74) is 0. The van der Waals surface area contributed by atoms with Crippen LogP contribution in [0, 0.1) is 0 Å². The summed E-state index contributed by atoms with van der Waals surface area (Å²) in [7, 11) is 0. The smallest absolute Gasteiger partial charge is 0.191 e. The minimum atomic E-state index is 0.294. The van der Waals surface area contributed by atoms with Crippen LogP contribution in [0.15, 0.2) is 27.8 Å². The number of hydrogen-bond acceptors (Lipinski definition) is 6. The van der Waals surface area contributed by atoms with Crippen LogP contribution in [0.2, 0.25) is 0 Å². The molecule has 0 aromatic carbocycles. The molecule has 9 heteroatoms. The number of fused-ring (bicyclic) bond motifs is 1. The summed E-state index contributed by atoms with van der Waals surface area (Å²) in [6.45, 7) is 9.02. The molecule has 1 unspecified atom stereocenters. The Hall–Kier alpha value is -2.39. The third kappa shape index (κ3) is 5.82. The van der Waals surface area contributed by atoms with Gasteiger partial charge in [-0.15, -0.1) is 0 Å². The van der Waals surface area contributed by atoms with E-state index in [1.54, 1.807) is 6.26 Å². The van der Waals surface area contributed by atoms with Crippen LogP contribution in [-0.2, 0) is 30.5 Å². The van der Waals surface area contributed by atoms with Gasteiger partial charge < -0.3 is 19.8 Å². The van der Waals surface area contributed by atoms with Crippen LogP contribution in [0.1, 0.15) is 30.8 Å². The van der Waals surface area contributed by atoms with E-state index in [0.717, 1.165) is 102 Å². The van der Waals surface area contributed by atoms with Crippen molar-refractivity contribution in [2.45, 2.75) is 45.2 Å². The van der Waals surface area contributed by atoms with E-state index >= 15 is 0 Å². The molecule has 2 aromatic rings. The quantitative estimate of drug-likeness (QED) is 0.488. The molecular weight excluding hydrogens is 382 g/mol. The van der Waals surface area contributed by atoms with Gasteiger partial charge in [0.25, 0.3) is 0 Å². The molecule has 2 aliphatic rings. The van der Waals surface area contributed by atoms with Gasteiger partial charge in [0.2, 0.25) is 0 Å². The SMILES string of the molecule is CCc1nc2n(n1)CC(NC(=NCCN1CCOCC1)NCCc1ccco1)CC2. The number of furan rings is 1. The van der Waals surface area contributed by atoms with Gasteiger partial charge >= 0.3 is 0 Å². The number of hydrogen-bond donors (Lipinski definition) is 2. The molecule has 2 aromatic heterocycles. The predicted octanol–water partition coefficient (Wildman–Crippen LogP) is 0.858. The highest BCUT2D eigenvalue weighted by molar-refractivity contribution is 5.80. The molecule has 0 saturated carbocycles. The Labute approximate surface area is 177 Å². The molecule has 30 heavy (non-hydrogen) atoms. The van der Waals surface area contributed by atoms with Crippen LogP contribution in [0.4, 0.5) is 0 Å². The molecule has 164 valence electrons. The summed E-state index contributed by atoms with van der Waals surface area (Å²) in [6.07, 6.45) is 5.39. The zero-order chi connectivity index (χ0) is 20.6. The lowest BCUT2D eigenvalue weighted by molar-refractivity contribution is 0.0394. The predicted molar refractivity (Wildman–Crippen MR) is 115 cm³/mol. The minimum absolute atomic E-state index is 0.294. The maximum absolute atomic E-state index is 5.44. The zero-order valence-corrected chi connectivity index (χ0v) is 17.8. The normalized spacial score (nSPS) is 20.2. The maximum atomic E-state index is 5.44. The first-order valence-electron chi connectivity index (χ1n) is 11.1. The summed E-state index contributed by atoms with van der Waals surface area (Å²) in [6, 6.07) is 4.22. The molecule has 0 radical (unpaired) electrons. The summed E-state index contributed by atoms with van der Waals surface area (Å²) in [4.78, 5) is 11.9. The second-order valence-electron chi connectivity index (χ2n) is 7.80. The van der Waals surface area contributed by atoms with Gasteiger partial charge in [-0.1, -0.05) is 6.92 Å². The Bertz CT molecular complexity index is 796. The highest BCUT2D eigenvalue weighted by atomic mass is 16.5. The average Bonchev–Trinajstić information content (AvgIpc) is 3.43. The van der Waals surface area contributed by atoms with E-state index in [1.807, 2.05) is 16.8 Å². The van der Waals surface area contributed by atoms with Gasteiger partial charge in [0, 0.05) is 51.5 Å². The summed E-state index contributed by atoms with van der Waals surface area (Å²) >= 11 is 0. The highest BCUT2D eigenvalue weighted by Gasteiger charge is 2.22. The summed E-state index contributed by atoms with van der Waals surface area (Å²) in [5.74, 6) is 3.87. The number of guanidine groups is 1. The fourth-order valence-corrected chi connectivity index (χ4v) is 3.86. The molecule has 0 amide bonds. The molecule has 1 fully saturated rings. The summed E-state index contributed by atoms with van der Waals surface area (Å²) < 4.78 is 12.9. The third-order valence-corrected chi connectivity index (χ3v) is 5.59. The molecule has 0 bridgehead atoms. The second kappa shape index (κ2) is 10.6. The van der Waals surface area contributed by atoms with Crippen LogP contribution >= 0.6 is 0 Å². The lowest BCUT2D eigenvalue weighted by Crippen LogP contribution is -2.48. The Morgan fingerprint density at radius 3 is 3.03 bits per heavy atom. The van der Waals surface area contributed by atoms with Crippen LogP contribution < -0.4 is 10.6 Å². The van der Waals surface area contributed by atoms with Crippen molar-refractivity contribution in [2.75, 3.05) is 45.9 Å². The first kappa shape index (κ1) is 20.9. The highest BCUT2D eigenvalue weighted by Crippen LogP contribution is 2.13. The Balaban J connectivity index is 1.32. The van der Waals surface area contributed by atoms with Gasteiger partial charge in [-0.3, -0.25) is 9.89 Å². The zero-order valence-electron chi connectivity index (χ0n) is 17.8. The topological polar surface area (TPSA) is 92.7 Å². The molecule has 9 nitrogen and oxygen atoms in total. The van der Waals surface area contributed by atoms with E-state index in [4.69, 9.17) is 14.1 Å². The van der Waals surface area contributed by atoms with Crippen LogP contribution in [0.25, 0.3) is 0 Å². The molecule has 1 saturated heterocycles. The van der Waals surface area contributed by atoms with Crippen molar-refractivity contribution in [3.63, 3.8) is 0 Å². The molecule has 4 rings (SSSR count). The van der Waals surface area contributed by atoms with Gasteiger partial charge in [0.05, 0.1) is 32.6 Å².